The van der Waals surface area contributed by atoms with Gasteiger partial charge in [0, 0.05) is 17.8 Å². The highest BCUT2D eigenvalue weighted by Gasteiger charge is 2.15. The number of amides is 2. The fourth-order valence-electron chi connectivity index (χ4n) is 2.89. The molecule has 0 atom stereocenters. The van der Waals surface area contributed by atoms with Gasteiger partial charge in [0.05, 0.1) is 5.56 Å². The Morgan fingerprint density at radius 3 is 2.36 bits per heavy atom. The van der Waals surface area contributed by atoms with Gasteiger partial charge in [0.2, 0.25) is 5.91 Å². The van der Waals surface area contributed by atoms with Crippen LogP contribution in [0.4, 0.5) is 15.8 Å². The van der Waals surface area contributed by atoms with Crippen molar-refractivity contribution in [2.75, 3.05) is 10.6 Å². The molecule has 3 rings (SSSR count). The predicted molar refractivity (Wildman–Crippen MR) is 110 cm³/mol. The molecule has 0 aliphatic carbocycles. The van der Waals surface area contributed by atoms with E-state index < -0.39 is 11.7 Å². The van der Waals surface area contributed by atoms with Gasteiger partial charge in [0.1, 0.15) is 5.82 Å². The van der Waals surface area contributed by atoms with Crippen LogP contribution in [0.1, 0.15) is 29.3 Å². The average molecular weight is 376 g/mol. The van der Waals surface area contributed by atoms with E-state index in [0.29, 0.717) is 23.4 Å². The topological polar surface area (TPSA) is 58.2 Å². The first-order valence-electron chi connectivity index (χ1n) is 9.04. The maximum absolute atomic E-state index is 13.8. The van der Waals surface area contributed by atoms with Crippen molar-refractivity contribution >= 4 is 23.2 Å². The largest absolute Gasteiger partial charge is 0.326 e. The number of hydrogen-bond donors (Lipinski definition) is 2. The molecule has 0 saturated heterocycles. The number of nitrogens with one attached hydrogen (secondary N) is 2. The van der Waals surface area contributed by atoms with Crippen molar-refractivity contribution in [1.82, 2.24) is 0 Å². The minimum absolute atomic E-state index is 0.0767. The van der Waals surface area contributed by atoms with Crippen LogP contribution >= 0.6 is 0 Å². The molecule has 0 bridgehead atoms. The SMILES string of the molecule is CCC(=O)Nc1ccc(NC(=O)c2cc(F)ccc2-c2ccccc2)cc1C. The molecule has 0 saturated carbocycles. The van der Waals surface area contributed by atoms with E-state index in [-0.39, 0.29) is 11.5 Å². The Morgan fingerprint density at radius 2 is 1.68 bits per heavy atom. The molecule has 0 heterocycles. The molecule has 0 aromatic heterocycles. The van der Waals surface area contributed by atoms with Gasteiger partial charge in [-0.15, -0.1) is 0 Å². The molecule has 3 aromatic rings. The van der Waals surface area contributed by atoms with Crippen LogP contribution in [-0.2, 0) is 4.79 Å². The Morgan fingerprint density at radius 1 is 0.929 bits per heavy atom. The third kappa shape index (κ3) is 4.43. The average Bonchev–Trinajstić information content (AvgIpc) is 2.70. The van der Waals surface area contributed by atoms with Crippen LogP contribution in [0.5, 0.6) is 0 Å². The predicted octanol–water partition coefficient (Wildman–Crippen LogP) is 5.40. The quantitative estimate of drug-likeness (QED) is 0.626. The maximum Gasteiger partial charge on any atom is 0.256 e. The Hall–Kier alpha value is -3.47. The number of carbonyl (C=O) groups is 2. The number of hydrogen-bond acceptors (Lipinski definition) is 2. The van der Waals surface area contributed by atoms with E-state index >= 15 is 0 Å². The molecule has 0 radical (unpaired) electrons. The first-order valence-corrected chi connectivity index (χ1v) is 9.04. The van der Waals surface area contributed by atoms with Crippen LogP contribution in [0.3, 0.4) is 0 Å². The molecule has 0 fully saturated rings. The highest BCUT2D eigenvalue weighted by Crippen LogP contribution is 2.26. The fourth-order valence-corrected chi connectivity index (χ4v) is 2.89. The zero-order chi connectivity index (χ0) is 20.1. The number of anilines is 2. The van der Waals surface area contributed by atoms with Crippen molar-refractivity contribution in [2.24, 2.45) is 0 Å². The molecule has 5 heteroatoms. The Bertz CT molecular complexity index is 1020. The Balaban J connectivity index is 1.87. The summed E-state index contributed by atoms with van der Waals surface area (Å²) in [6.45, 7) is 3.63. The van der Waals surface area contributed by atoms with Crippen LogP contribution in [0.25, 0.3) is 11.1 Å². The van der Waals surface area contributed by atoms with Crippen LogP contribution in [0.2, 0.25) is 0 Å². The van der Waals surface area contributed by atoms with Crippen LogP contribution in [0.15, 0.2) is 66.7 Å². The monoisotopic (exact) mass is 376 g/mol. The standard InChI is InChI=1S/C23H21FN2O2/c1-3-22(27)26-21-12-10-18(13-15(21)2)25-23(28)20-14-17(24)9-11-19(20)16-7-5-4-6-8-16/h4-14H,3H2,1-2H3,(H,25,28)(H,26,27). The Kier molecular flexibility index (Phi) is 5.84. The summed E-state index contributed by atoms with van der Waals surface area (Å²) in [6, 6.07) is 18.8. The van der Waals surface area contributed by atoms with Gasteiger partial charge >= 0.3 is 0 Å². The van der Waals surface area contributed by atoms with E-state index in [0.717, 1.165) is 11.1 Å². The zero-order valence-electron chi connectivity index (χ0n) is 15.8. The van der Waals surface area contributed by atoms with Crippen molar-refractivity contribution in [1.29, 1.82) is 0 Å². The number of carbonyl (C=O) groups excluding carboxylic acids is 2. The van der Waals surface area contributed by atoms with Crippen molar-refractivity contribution in [2.45, 2.75) is 20.3 Å². The summed E-state index contributed by atoms with van der Waals surface area (Å²) < 4.78 is 13.8. The van der Waals surface area contributed by atoms with Gasteiger partial charge in [-0.2, -0.15) is 0 Å². The second kappa shape index (κ2) is 8.48. The first kappa shape index (κ1) is 19.3. The molecule has 0 aliphatic rings. The molecule has 3 aromatic carbocycles. The van der Waals surface area contributed by atoms with Crippen LogP contribution < -0.4 is 10.6 Å². The second-order valence-electron chi connectivity index (χ2n) is 6.44. The molecule has 0 unspecified atom stereocenters. The van der Waals surface area contributed by atoms with Gasteiger partial charge in [-0.3, -0.25) is 9.59 Å². The van der Waals surface area contributed by atoms with Gasteiger partial charge in [0.15, 0.2) is 0 Å². The molecular formula is C23H21FN2O2. The lowest BCUT2D eigenvalue weighted by atomic mass is 9.99. The van der Waals surface area contributed by atoms with Gasteiger partial charge in [0.25, 0.3) is 5.91 Å². The fraction of sp³-hybridized carbons (Fsp3) is 0.130. The van der Waals surface area contributed by atoms with Gasteiger partial charge in [-0.05, 0) is 53.9 Å². The summed E-state index contributed by atoms with van der Waals surface area (Å²) in [6.07, 6.45) is 0.389. The third-order valence-corrected chi connectivity index (χ3v) is 4.39. The molecule has 0 aliphatic heterocycles. The van der Waals surface area contributed by atoms with E-state index in [1.165, 1.54) is 12.1 Å². The summed E-state index contributed by atoms with van der Waals surface area (Å²) in [5.74, 6) is -0.950. The molecule has 4 nitrogen and oxygen atoms in total. The van der Waals surface area contributed by atoms with E-state index in [2.05, 4.69) is 10.6 Å². The van der Waals surface area contributed by atoms with E-state index in [9.17, 15) is 14.0 Å². The van der Waals surface area contributed by atoms with Crippen molar-refractivity contribution in [3.63, 3.8) is 0 Å². The first-order chi connectivity index (χ1) is 13.5. The van der Waals surface area contributed by atoms with E-state index in [1.54, 1.807) is 31.2 Å². The van der Waals surface area contributed by atoms with Gasteiger partial charge in [-0.25, -0.2) is 4.39 Å². The number of aryl methyl sites for hydroxylation is 1. The van der Waals surface area contributed by atoms with Gasteiger partial charge in [-0.1, -0.05) is 43.3 Å². The smallest absolute Gasteiger partial charge is 0.256 e. The number of halogens is 1. The summed E-state index contributed by atoms with van der Waals surface area (Å²) in [4.78, 5) is 24.4. The van der Waals surface area contributed by atoms with Crippen molar-refractivity contribution < 1.29 is 14.0 Å². The molecular weight excluding hydrogens is 355 g/mol. The zero-order valence-corrected chi connectivity index (χ0v) is 15.8. The molecule has 2 amide bonds. The number of benzene rings is 3. The molecule has 142 valence electrons. The minimum atomic E-state index is -0.473. The lowest BCUT2D eigenvalue weighted by Gasteiger charge is -2.13. The summed E-state index contributed by atoms with van der Waals surface area (Å²) in [5, 5.41) is 5.62. The highest BCUT2D eigenvalue weighted by atomic mass is 19.1. The third-order valence-electron chi connectivity index (χ3n) is 4.39. The lowest BCUT2D eigenvalue weighted by molar-refractivity contribution is -0.115. The lowest BCUT2D eigenvalue weighted by Crippen LogP contribution is -2.14. The molecule has 0 spiro atoms. The molecule has 28 heavy (non-hydrogen) atoms. The summed E-state index contributed by atoms with van der Waals surface area (Å²) in [5.41, 5.74) is 3.83. The Labute approximate surface area is 163 Å². The van der Waals surface area contributed by atoms with Crippen molar-refractivity contribution in [3.05, 3.63) is 83.7 Å². The summed E-state index contributed by atoms with van der Waals surface area (Å²) in [7, 11) is 0. The van der Waals surface area contributed by atoms with Crippen molar-refractivity contribution in [3.8, 4) is 11.1 Å². The minimum Gasteiger partial charge on any atom is -0.326 e. The second-order valence-corrected chi connectivity index (χ2v) is 6.44. The van der Waals surface area contributed by atoms with Crippen LogP contribution in [-0.4, -0.2) is 11.8 Å². The van der Waals surface area contributed by atoms with E-state index in [4.69, 9.17) is 0 Å². The van der Waals surface area contributed by atoms with Gasteiger partial charge < -0.3 is 10.6 Å². The maximum atomic E-state index is 13.8. The normalized spacial score (nSPS) is 10.4. The van der Waals surface area contributed by atoms with E-state index in [1.807, 2.05) is 37.3 Å². The highest BCUT2D eigenvalue weighted by molar-refractivity contribution is 6.09. The number of rotatable bonds is 5. The molecule has 2 N–H and O–H groups in total. The summed E-state index contributed by atoms with van der Waals surface area (Å²) >= 11 is 0. The van der Waals surface area contributed by atoms with Crippen LogP contribution in [0, 0.1) is 12.7 Å².